The number of hydrogen-bond donors (Lipinski definition) is 0. The van der Waals surface area contributed by atoms with Crippen LogP contribution in [0.2, 0.25) is 0 Å². The number of aryl methyl sites for hydroxylation is 1. The summed E-state index contributed by atoms with van der Waals surface area (Å²) in [5.74, 6) is 1.33. The van der Waals surface area contributed by atoms with Crippen molar-refractivity contribution >= 4 is 23.0 Å². The maximum Gasteiger partial charge on any atom is 0.227 e. The van der Waals surface area contributed by atoms with Gasteiger partial charge in [-0.25, -0.2) is 4.98 Å². The van der Waals surface area contributed by atoms with Gasteiger partial charge in [0.1, 0.15) is 5.82 Å². The van der Waals surface area contributed by atoms with Gasteiger partial charge in [-0.1, -0.05) is 0 Å². The van der Waals surface area contributed by atoms with Crippen molar-refractivity contribution in [1.82, 2.24) is 9.97 Å². The molecular weight excluding hydrogens is 231 g/mol. The molecule has 0 aliphatic heterocycles. The summed E-state index contributed by atoms with van der Waals surface area (Å²) < 4.78 is 4.81. The molecule has 4 heteroatoms. The van der Waals surface area contributed by atoms with Crippen LogP contribution < -0.4 is 3.07 Å². The Labute approximate surface area is 67.2 Å². The Hall–Kier alpha value is -0.390. The second-order valence-electron chi connectivity index (χ2n) is 1.52. The summed E-state index contributed by atoms with van der Waals surface area (Å²) in [6, 6.07) is 1.71. The highest BCUT2D eigenvalue weighted by Gasteiger charge is 1.90. The molecule has 0 N–H and O–H groups in total. The molecular formula is C5H5IN2O. The molecule has 0 aromatic carbocycles. The van der Waals surface area contributed by atoms with Crippen molar-refractivity contribution in [3.8, 4) is 5.88 Å². The summed E-state index contributed by atoms with van der Waals surface area (Å²) in [5.41, 5.74) is 0. The van der Waals surface area contributed by atoms with Gasteiger partial charge in [-0.3, -0.25) is 0 Å². The molecule has 1 aromatic heterocycles. The highest BCUT2D eigenvalue weighted by atomic mass is 127. The Morgan fingerprint density at radius 2 is 2.44 bits per heavy atom. The van der Waals surface area contributed by atoms with E-state index < -0.39 is 0 Å². The van der Waals surface area contributed by atoms with Crippen molar-refractivity contribution in [2.45, 2.75) is 6.92 Å². The van der Waals surface area contributed by atoms with Crippen LogP contribution >= 0.6 is 23.0 Å². The van der Waals surface area contributed by atoms with Gasteiger partial charge >= 0.3 is 0 Å². The zero-order valence-corrected chi connectivity index (χ0v) is 6.99. The van der Waals surface area contributed by atoms with Crippen LogP contribution in [-0.4, -0.2) is 9.97 Å². The Morgan fingerprint density at radius 3 is 2.89 bits per heavy atom. The monoisotopic (exact) mass is 236 g/mol. The van der Waals surface area contributed by atoms with Gasteiger partial charge < -0.3 is 3.07 Å². The quantitative estimate of drug-likeness (QED) is 0.693. The molecule has 0 radical (unpaired) electrons. The highest BCUT2D eigenvalue weighted by molar-refractivity contribution is 14.1. The van der Waals surface area contributed by atoms with E-state index in [0.717, 1.165) is 5.82 Å². The van der Waals surface area contributed by atoms with Crippen molar-refractivity contribution in [2.75, 3.05) is 0 Å². The van der Waals surface area contributed by atoms with Gasteiger partial charge in [-0.15, -0.1) is 0 Å². The molecule has 0 atom stereocenters. The molecule has 1 aromatic rings. The topological polar surface area (TPSA) is 35.0 Å². The Bertz CT molecular complexity index is 204. The average Bonchev–Trinajstić information content (AvgIpc) is 1.88. The van der Waals surface area contributed by atoms with Crippen LogP contribution in [0.5, 0.6) is 5.88 Å². The predicted octanol–water partition coefficient (Wildman–Crippen LogP) is 1.51. The third kappa shape index (κ3) is 1.78. The number of nitrogens with zero attached hydrogens (tertiary/aromatic N) is 2. The lowest BCUT2D eigenvalue weighted by Crippen LogP contribution is -1.86. The van der Waals surface area contributed by atoms with E-state index in [1.165, 1.54) is 0 Å². The van der Waals surface area contributed by atoms with Gasteiger partial charge in [0.05, 0.1) is 0 Å². The first-order valence-electron chi connectivity index (χ1n) is 2.41. The Morgan fingerprint density at radius 1 is 1.67 bits per heavy atom. The first-order chi connectivity index (χ1) is 4.33. The molecule has 0 amide bonds. The number of rotatable bonds is 1. The van der Waals surface area contributed by atoms with Crippen LogP contribution in [0.25, 0.3) is 0 Å². The summed E-state index contributed by atoms with van der Waals surface area (Å²) >= 11 is 1.78. The number of hydrogen-bond acceptors (Lipinski definition) is 3. The van der Waals surface area contributed by atoms with E-state index >= 15 is 0 Å². The van der Waals surface area contributed by atoms with Crippen LogP contribution in [0.4, 0.5) is 0 Å². The molecule has 0 aliphatic rings. The summed E-state index contributed by atoms with van der Waals surface area (Å²) in [5, 5.41) is 0. The maximum absolute atomic E-state index is 4.81. The van der Waals surface area contributed by atoms with Crippen LogP contribution in [0, 0.1) is 6.92 Å². The lowest BCUT2D eigenvalue weighted by atomic mass is 10.6. The van der Waals surface area contributed by atoms with Crippen LogP contribution in [0.15, 0.2) is 12.3 Å². The van der Waals surface area contributed by atoms with Crippen LogP contribution in [0.3, 0.4) is 0 Å². The van der Waals surface area contributed by atoms with Crippen LogP contribution in [0.1, 0.15) is 5.82 Å². The van der Waals surface area contributed by atoms with Gasteiger partial charge in [0.2, 0.25) is 5.88 Å². The van der Waals surface area contributed by atoms with E-state index in [-0.39, 0.29) is 0 Å². The molecule has 0 saturated heterocycles. The Kier molecular flexibility index (Phi) is 2.21. The molecule has 0 bridgehead atoms. The third-order valence-corrected chi connectivity index (χ3v) is 1.28. The summed E-state index contributed by atoms with van der Waals surface area (Å²) in [6.45, 7) is 1.82. The smallest absolute Gasteiger partial charge is 0.227 e. The predicted molar refractivity (Wildman–Crippen MR) is 41.4 cm³/mol. The van der Waals surface area contributed by atoms with Gasteiger partial charge in [-0.2, -0.15) is 4.98 Å². The molecule has 1 rings (SSSR count). The zero-order chi connectivity index (χ0) is 6.69. The third-order valence-electron chi connectivity index (χ3n) is 0.830. The summed E-state index contributed by atoms with van der Waals surface area (Å²) in [6.07, 6.45) is 1.66. The molecule has 48 valence electrons. The lowest BCUT2D eigenvalue weighted by Gasteiger charge is -1.93. The van der Waals surface area contributed by atoms with Crippen LogP contribution in [-0.2, 0) is 0 Å². The van der Waals surface area contributed by atoms with E-state index in [0.29, 0.717) is 5.88 Å². The molecule has 0 saturated carbocycles. The van der Waals surface area contributed by atoms with E-state index in [4.69, 9.17) is 3.07 Å². The molecule has 0 fully saturated rings. The maximum atomic E-state index is 4.81. The van der Waals surface area contributed by atoms with Gasteiger partial charge in [-0.05, 0) is 6.92 Å². The number of aromatic nitrogens is 2. The average molecular weight is 236 g/mol. The van der Waals surface area contributed by atoms with Gasteiger partial charge in [0.15, 0.2) is 23.0 Å². The first kappa shape index (κ1) is 6.73. The lowest BCUT2D eigenvalue weighted by molar-refractivity contribution is 0.671. The minimum Gasteiger partial charge on any atom is -0.408 e. The summed E-state index contributed by atoms with van der Waals surface area (Å²) in [4.78, 5) is 7.84. The summed E-state index contributed by atoms with van der Waals surface area (Å²) in [7, 11) is 0. The minimum atomic E-state index is 0.600. The molecule has 1 heterocycles. The standard InChI is InChI=1S/C5H5IN2O/c1-4-7-3-2-5(8-4)9-6/h2-3H,1H3. The fourth-order valence-electron chi connectivity index (χ4n) is 0.477. The molecule has 0 unspecified atom stereocenters. The zero-order valence-electron chi connectivity index (χ0n) is 4.84. The van der Waals surface area contributed by atoms with Crippen molar-refractivity contribution < 1.29 is 3.07 Å². The number of halogens is 1. The van der Waals surface area contributed by atoms with E-state index in [9.17, 15) is 0 Å². The van der Waals surface area contributed by atoms with E-state index in [2.05, 4.69) is 9.97 Å². The SMILES string of the molecule is Cc1nccc(OI)n1. The highest BCUT2D eigenvalue weighted by Crippen LogP contribution is 2.06. The van der Waals surface area contributed by atoms with Crippen molar-refractivity contribution in [1.29, 1.82) is 0 Å². The fraction of sp³-hybridized carbons (Fsp3) is 0.200. The van der Waals surface area contributed by atoms with Crippen molar-refractivity contribution in [3.63, 3.8) is 0 Å². The van der Waals surface area contributed by atoms with E-state index in [1.807, 2.05) is 6.92 Å². The second kappa shape index (κ2) is 2.95. The molecule has 0 spiro atoms. The van der Waals surface area contributed by atoms with E-state index in [1.54, 1.807) is 35.3 Å². The van der Waals surface area contributed by atoms with Crippen molar-refractivity contribution in [2.24, 2.45) is 0 Å². The molecule has 9 heavy (non-hydrogen) atoms. The van der Waals surface area contributed by atoms with Gasteiger partial charge in [0, 0.05) is 12.3 Å². The molecule has 3 nitrogen and oxygen atoms in total. The molecule has 0 aliphatic carbocycles. The minimum absolute atomic E-state index is 0.600. The largest absolute Gasteiger partial charge is 0.408 e. The van der Waals surface area contributed by atoms with Gasteiger partial charge in [0.25, 0.3) is 0 Å². The Balaban J connectivity index is 2.94. The normalized spacial score (nSPS) is 9.11. The second-order valence-corrected chi connectivity index (χ2v) is 1.96. The fourth-order valence-corrected chi connectivity index (χ4v) is 0.723. The van der Waals surface area contributed by atoms with Crippen molar-refractivity contribution in [3.05, 3.63) is 18.1 Å². The first-order valence-corrected chi connectivity index (χ1v) is 3.29.